The van der Waals surface area contributed by atoms with Gasteiger partial charge in [0.2, 0.25) is 0 Å². The molecule has 0 radical (unpaired) electrons. The largest absolute Gasteiger partial charge is 0.342 e. The molecule has 6 heteroatoms. The van der Waals surface area contributed by atoms with Crippen LogP contribution in [0.25, 0.3) is 0 Å². The maximum Gasteiger partial charge on any atom is 0.342 e. The lowest BCUT2D eigenvalue weighted by atomic mass is 10.2. The number of urea groups is 1. The smallest absolute Gasteiger partial charge is 0.331 e. The minimum absolute atomic E-state index is 0.365. The van der Waals surface area contributed by atoms with Crippen LogP contribution in [0.15, 0.2) is 0 Å². The number of hydrogen-bond donors (Lipinski definition) is 1. The van der Waals surface area contributed by atoms with Crippen molar-refractivity contribution in [3.63, 3.8) is 0 Å². The standard InChI is InChI=1S/C5H6F2N2O2/c1-9-3(10)5(6,7)2-8-4(9)11/h2H2,1H3,(H,8,11). The Morgan fingerprint density at radius 3 is 2.55 bits per heavy atom. The Kier molecular flexibility index (Phi) is 1.54. The van der Waals surface area contributed by atoms with Crippen LogP contribution in [0, 0.1) is 0 Å². The molecule has 0 unspecified atom stereocenters. The average Bonchev–Trinajstić information content (AvgIpc) is 1.95. The molecule has 0 atom stereocenters. The van der Waals surface area contributed by atoms with Crippen molar-refractivity contribution in [1.82, 2.24) is 10.2 Å². The first-order valence-electron chi connectivity index (χ1n) is 2.89. The van der Waals surface area contributed by atoms with Crippen LogP contribution in [0.3, 0.4) is 0 Å². The van der Waals surface area contributed by atoms with Crippen LogP contribution in [0.4, 0.5) is 13.6 Å². The zero-order valence-electron chi connectivity index (χ0n) is 5.73. The molecule has 1 saturated heterocycles. The highest BCUT2D eigenvalue weighted by Crippen LogP contribution is 2.18. The van der Waals surface area contributed by atoms with Gasteiger partial charge in [0, 0.05) is 7.05 Å². The van der Waals surface area contributed by atoms with Crippen molar-refractivity contribution in [3.8, 4) is 0 Å². The van der Waals surface area contributed by atoms with E-state index in [1.165, 1.54) is 0 Å². The van der Waals surface area contributed by atoms with Crippen molar-refractivity contribution in [2.75, 3.05) is 13.6 Å². The Bertz CT molecular complexity index is 217. The maximum atomic E-state index is 12.4. The number of carbonyl (C=O) groups excluding carboxylic acids is 2. The van der Waals surface area contributed by atoms with Gasteiger partial charge in [-0.25, -0.2) is 4.79 Å². The Balaban J connectivity index is 2.84. The summed E-state index contributed by atoms with van der Waals surface area (Å²) in [5, 5.41) is 1.87. The first-order valence-corrected chi connectivity index (χ1v) is 2.89. The summed E-state index contributed by atoms with van der Waals surface area (Å²) in [5.41, 5.74) is 0. The van der Waals surface area contributed by atoms with Gasteiger partial charge in [0.1, 0.15) is 0 Å². The molecular formula is C5H6F2N2O2. The molecule has 1 aliphatic heterocycles. The van der Waals surface area contributed by atoms with E-state index in [1.807, 2.05) is 5.32 Å². The molecule has 0 aromatic carbocycles. The molecule has 4 nitrogen and oxygen atoms in total. The number of imide groups is 1. The molecule has 3 amide bonds. The third kappa shape index (κ3) is 1.15. The first kappa shape index (κ1) is 7.90. The Labute approximate surface area is 61.2 Å². The molecule has 0 spiro atoms. The molecule has 62 valence electrons. The molecule has 11 heavy (non-hydrogen) atoms. The fraction of sp³-hybridized carbons (Fsp3) is 0.600. The summed E-state index contributed by atoms with van der Waals surface area (Å²) < 4.78 is 24.8. The summed E-state index contributed by atoms with van der Waals surface area (Å²) >= 11 is 0. The van der Waals surface area contributed by atoms with E-state index in [4.69, 9.17) is 0 Å². The number of amides is 3. The quantitative estimate of drug-likeness (QED) is 0.539. The zero-order chi connectivity index (χ0) is 8.65. The van der Waals surface area contributed by atoms with Gasteiger partial charge in [-0.15, -0.1) is 0 Å². The number of rotatable bonds is 0. The maximum absolute atomic E-state index is 12.4. The summed E-state index contributed by atoms with van der Waals surface area (Å²) in [5.74, 6) is -4.91. The molecule has 0 aromatic rings. The lowest BCUT2D eigenvalue weighted by Crippen LogP contribution is -2.59. The van der Waals surface area contributed by atoms with E-state index in [0.717, 1.165) is 7.05 Å². The number of alkyl halides is 2. The molecule has 1 rings (SSSR count). The van der Waals surface area contributed by atoms with Gasteiger partial charge < -0.3 is 5.32 Å². The van der Waals surface area contributed by atoms with Crippen LogP contribution in [0.2, 0.25) is 0 Å². The van der Waals surface area contributed by atoms with Crippen LogP contribution in [-0.2, 0) is 4.79 Å². The van der Waals surface area contributed by atoms with E-state index in [9.17, 15) is 18.4 Å². The molecular weight excluding hydrogens is 158 g/mol. The molecule has 1 heterocycles. The lowest BCUT2D eigenvalue weighted by Gasteiger charge is -2.27. The van der Waals surface area contributed by atoms with Crippen molar-refractivity contribution < 1.29 is 18.4 Å². The topological polar surface area (TPSA) is 49.4 Å². The van der Waals surface area contributed by atoms with Crippen molar-refractivity contribution >= 4 is 11.9 Å². The van der Waals surface area contributed by atoms with Crippen molar-refractivity contribution in [2.45, 2.75) is 5.92 Å². The fourth-order valence-electron chi connectivity index (χ4n) is 0.718. The Hall–Kier alpha value is -1.20. The lowest BCUT2D eigenvalue weighted by molar-refractivity contribution is -0.154. The van der Waals surface area contributed by atoms with Gasteiger partial charge in [-0.3, -0.25) is 9.69 Å². The van der Waals surface area contributed by atoms with E-state index >= 15 is 0 Å². The summed E-state index contributed by atoms with van der Waals surface area (Å²) in [6.07, 6.45) is 0. The summed E-state index contributed by atoms with van der Waals surface area (Å²) in [6, 6.07) is -0.791. The van der Waals surface area contributed by atoms with Gasteiger partial charge in [-0.1, -0.05) is 0 Å². The SMILES string of the molecule is CN1C(=O)NCC(F)(F)C1=O. The molecule has 1 aliphatic rings. The number of nitrogens with zero attached hydrogens (tertiary/aromatic N) is 1. The predicted molar refractivity (Wildman–Crippen MR) is 31.1 cm³/mol. The average molecular weight is 164 g/mol. The van der Waals surface area contributed by atoms with Crippen molar-refractivity contribution in [1.29, 1.82) is 0 Å². The highest BCUT2D eigenvalue weighted by molar-refractivity contribution is 6.00. The van der Waals surface area contributed by atoms with E-state index in [2.05, 4.69) is 0 Å². The molecule has 1 N–H and O–H groups in total. The van der Waals surface area contributed by atoms with Crippen LogP contribution < -0.4 is 5.32 Å². The zero-order valence-corrected chi connectivity index (χ0v) is 5.73. The first-order chi connectivity index (χ1) is 4.95. The van der Waals surface area contributed by atoms with Gasteiger partial charge in [0.15, 0.2) is 0 Å². The Morgan fingerprint density at radius 2 is 2.09 bits per heavy atom. The highest BCUT2D eigenvalue weighted by atomic mass is 19.3. The number of carbonyl (C=O) groups is 2. The van der Waals surface area contributed by atoms with E-state index < -0.39 is 24.4 Å². The van der Waals surface area contributed by atoms with Crippen molar-refractivity contribution in [3.05, 3.63) is 0 Å². The Morgan fingerprint density at radius 1 is 1.55 bits per heavy atom. The van der Waals surface area contributed by atoms with Gasteiger partial charge >= 0.3 is 17.9 Å². The van der Waals surface area contributed by atoms with Crippen LogP contribution in [-0.4, -0.2) is 36.4 Å². The summed E-state index contributed by atoms with van der Waals surface area (Å²) in [7, 11) is 1.00. The van der Waals surface area contributed by atoms with Crippen molar-refractivity contribution in [2.24, 2.45) is 0 Å². The van der Waals surface area contributed by atoms with E-state index in [1.54, 1.807) is 0 Å². The third-order valence-electron chi connectivity index (χ3n) is 1.38. The molecule has 0 bridgehead atoms. The van der Waals surface area contributed by atoms with Gasteiger partial charge in [0.25, 0.3) is 0 Å². The normalized spacial score (nSPS) is 23.4. The monoisotopic (exact) mass is 164 g/mol. The fourth-order valence-corrected chi connectivity index (χ4v) is 0.718. The molecule has 0 saturated carbocycles. The minimum atomic E-state index is -3.46. The number of nitrogens with one attached hydrogen (secondary N) is 1. The van der Waals surface area contributed by atoms with Gasteiger partial charge in [0.05, 0.1) is 6.54 Å². The van der Waals surface area contributed by atoms with Crippen LogP contribution >= 0.6 is 0 Å². The van der Waals surface area contributed by atoms with Gasteiger partial charge in [-0.05, 0) is 0 Å². The molecule has 1 fully saturated rings. The molecule has 0 aliphatic carbocycles. The number of hydrogen-bond acceptors (Lipinski definition) is 2. The minimum Gasteiger partial charge on any atom is -0.331 e. The van der Waals surface area contributed by atoms with Crippen LogP contribution in [0.5, 0.6) is 0 Å². The predicted octanol–water partition coefficient (Wildman–Crippen LogP) is -0.197. The second kappa shape index (κ2) is 2.14. The summed E-state index contributed by atoms with van der Waals surface area (Å²) in [4.78, 5) is 21.5. The molecule has 0 aromatic heterocycles. The second-order valence-electron chi connectivity index (χ2n) is 2.23. The highest BCUT2D eigenvalue weighted by Gasteiger charge is 2.46. The second-order valence-corrected chi connectivity index (χ2v) is 2.23. The van der Waals surface area contributed by atoms with E-state index in [-0.39, 0.29) is 0 Å². The van der Waals surface area contributed by atoms with Gasteiger partial charge in [-0.2, -0.15) is 8.78 Å². The number of halogens is 2. The van der Waals surface area contributed by atoms with E-state index in [0.29, 0.717) is 4.90 Å². The summed E-state index contributed by atoms with van der Waals surface area (Å²) in [6.45, 7) is -0.908. The van der Waals surface area contributed by atoms with Crippen LogP contribution in [0.1, 0.15) is 0 Å². The third-order valence-corrected chi connectivity index (χ3v) is 1.38.